The Bertz CT molecular complexity index is 608. The molecule has 0 unspecified atom stereocenters. The van der Waals surface area contributed by atoms with Gasteiger partial charge in [0.05, 0.1) is 11.1 Å². The first-order valence-corrected chi connectivity index (χ1v) is 6.34. The maximum absolute atomic E-state index is 13.0. The maximum atomic E-state index is 13.0. The van der Waals surface area contributed by atoms with E-state index in [1.54, 1.807) is 0 Å². The summed E-state index contributed by atoms with van der Waals surface area (Å²) in [6.07, 6.45) is -9.81. The smallest absolute Gasteiger partial charge is 0.166 e. The van der Waals surface area contributed by atoms with Crippen molar-refractivity contribution in [1.82, 2.24) is 0 Å². The lowest BCUT2D eigenvalue weighted by molar-refractivity contribution is -0.142. The van der Waals surface area contributed by atoms with E-state index < -0.39 is 29.0 Å². The topological polar surface area (TPSA) is 0 Å². The third-order valence-electron chi connectivity index (χ3n) is 2.74. The summed E-state index contributed by atoms with van der Waals surface area (Å²) in [5.41, 5.74) is -3.77. The third-order valence-corrected chi connectivity index (χ3v) is 3.27. The molecule has 0 aliphatic rings. The average Bonchev–Trinajstić information content (AvgIpc) is 2.37. The lowest BCUT2D eigenvalue weighted by Gasteiger charge is -2.18. The number of hydrogen-bond donors (Lipinski definition) is 0. The van der Waals surface area contributed by atoms with E-state index in [0.717, 1.165) is 0 Å². The second kappa shape index (κ2) is 5.36. The van der Waals surface area contributed by atoms with Crippen LogP contribution in [0.2, 0.25) is 0 Å². The fourth-order valence-corrected chi connectivity index (χ4v) is 2.14. The molecule has 0 fully saturated rings. The lowest BCUT2D eigenvalue weighted by atomic mass is 9.93. The van der Waals surface area contributed by atoms with Gasteiger partial charge in [-0.25, -0.2) is 0 Å². The summed E-state index contributed by atoms with van der Waals surface area (Å²) in [5, 5.41) is 0. The van der Waals surface area contributed by atoms with Gasteiger partial charge in [-0.05, 0) is 35.9 Å². The van der Waals surface area contributed by atoms with Gasteiger partial charge in [0.25, 0.3) is 0 Å². The Hall–Kier alpha value is -1.50. The molecule has 1 radical (unpaired) electrons. The first-order valence-electron chi connectivity index (χ1n) is 5.55. The number of halogens is 7. The lowest BCUT2D eigenvalue weighted by Crippen LogP contribution is -2.14. The second-order valence-electron chi connectivity index (χ2n) is 4.16. The molecule has 7 heteroatoms. The Balaban J connectivity index is 2.79. The Morgan fingerprint density at radius 3 is 1.57 bits per heavy atom. The van der Waals surface area contributed by atoms with Gasteiger partial charge in [0.15, 0.2) is 0 Å². The quantitative estimate of drug-likeness (QED) is 0.546. The van der Waals surface area contributed by atoms with Crippen molar-refractivity contribution < 1.29 is 26.3 Å². The molecule has 0 heterocycles. The molecule has 111 valence electrons. The molecule has 0 spiro atoms. The minimum Gasteiger partial charge on any atom is -0.166 e. The fraction of sp³-hybridized carbons (Fsp3) is 0.143. The Labute approximate surface area is 124 Å². The van der Waals surface area contributed by atoms with Crippen LogP contribution in [-0.2, 0) is 12.4 Å². The fourth-order valence-electron chi connectivity index (χ4n) is 1.87. The molecule has 21 heavy (non-hydrogen) atoms. The van der Waals surface area contributed by atoms with E-state index in [-0.39, 0.29) is 5.56 Å². The van der Waals surface area contributed by atoms with Crippen molar-refractivity contribution in [3.63, 3.8) is 0 Å². The van der Waals surface area contributed by atoms with Crippen LogP contribution in [-0.4, -0.2) is 0 Å². The summed E-state index contributed by atoms with van der Waals surface area (Å²) in [4.78, 5) is 0. The number of benzene rings is 2. The second-order valence-corrected chi connectivity index (χ2v) is 5.08. The standard InChI is InChI=1S/C14H6BrF6/c15-9-6-4-8(5-7-9)12-10(13(16,17)18)2-1-3-11(12)14(19,20)21/h2-7H. The highest BCUT2D eigenvalue weighted by molar-refractivity contribution is 9.10. The molecule has 2 aromatic rings. The van der Waals surface area contributed by atoms with Crippen LogP contribution < -0.4 is 0 Å². The number of alkyl halides is 6. The largest absolute Gasteiger partial charge is 0.417 e. The molecule has 0 nitrogen and oxygen atoms in total. The molecule has 0 aromatic heterocycles. The van der Waals surface area contributed by atoms with Crippen LogP contribution in [0.1, 0.15) is 11.1 Å². The van der Waals surface area contributed by atoms with Crippen molar-refractivity contribution in [3.8, 4) is 11.1 Å². The predicted molar refractivity (Wildman–Crippen MR) is 68.4 cm³/mol. The third kappa shape index (κ3) is 3.40. The highest BCUT2D eigenvalue weighted by atomic mass is 79.9. The Morgan fingerprint density at radius 2 is 1.19 bits per heavy atom. The van der Waals surface area contributed by atoms with Gasteiger partial charge in [0, 0.05) is 10.0 Å². The predicted octanol–water partition coefficient (Wildman–Crippen LogP) is 5.95. The van der Waals surface area contributed by atoms with Crippen LogP contribution in [0.4, 0.5) is 26.3 Å². The van der Waals surface area contributed by atoms with Gasteiger partial charge in [-0.2, -0.15) is 26.3 Å². The summed E-state index contributed by atoms with van der Waals surface area (Å²) in [6, 6.07) is 8.12. The van der Waals surface area contributed by atoms with Gasteiger partial charge < -0.3 is 0 Å². The van der Waals surface area contributed by atoms with Gasteiger partial charge in [0.1, 0.15) is 0 Å². The normalized spacial score (nSPS) is 12.5. The van der Waals surface area contributed by atoms with E-state index in [9.17, 15) is 26.3 Å². The van der Waals surface area contributed by atoms with E-state index in [4.69, 9.17) is 0 Å². The summed E-state index contributed by atoms with van der Waals surface area (Å²) < 4.78 is 78.5. The van der Waals surface area contributed by atoms with E-state index in [0.29, 0.717) is 16.6 Å². The Kier molecular flexibility index (Phi) is 4.06. The first-order chi connectivity index (χ1) is 9.60. The average molecular weight is 368 g/mol. The van der Waals surface area contributed by atoms with Gasteiger partial charge in [-0.3, -0.25) is 0 Å². The molecule has 0 saturated heterocycles. The van der Waals surface area contributed by atoms with Crippen molar-refractivity contribution in [3.05, 3.63) is 58.1 Å². The summed E-state index contributed by atoms with van der Waals surface area (Å²) >= 11 is 3.08. The molecular formula is C14H6BrF6. The number of hydrogen-bond acceptors (Lipinski definition) is 0. The van der Waals surface area contributed by atoms with E-state index in [1.165, 1.54) is 24.3 Å². The van der Waals surface area contributed by atoms with Gasteiger partial charge in [-0.15, -0.1) is 0 Å². The van der Waals surface area contributed by atoms with Crippen molar-refractivity contribution in [2.75, 3.05) is 0 Å². The zero-order valence-corrected chi connectivity index (χ0v) is 11.7. The molecule has 2 aromatic carbocycles. The van der Waals surface area contributed by atoms with Crippen LogP contribution in [0.5, 0.6) is 0 Å². The van der Waals surface area contributed by atoms with E-state index in [1.807, 2.05) is 6.07 Å². The van der Waals surface area contributed by atoms with Crippen molar-refractivity contribution in [1.29, 1.82) is 0 Å². The number of rotatable bonds is 1. The molecule has 0 amide bonds. The first kappa shape index (κ1) is 15.9. The van der Waals surface area contributed by atoms with Crippen LogP contribution in [0.15, 0.2) is 40.9 Å². The molecule has 0 atom stereocenters. The Morgan fingerprint density at radius 1 is 0.762 bits per heavy atom. The zero-order chi connectivity index (χ0) is 15.8. The molecule has 0 bridgehead atoms. The molecule has 0 N–H and O–H groups in total. The van der Waals surface area contributed by atoms with E-state index >= 15 is 0 Å². The molecule has 2 rings (SSSR count). The zero-order valence-electron chi connectivity index (χ0n) is 10.1. The van der Waals surface area contributed by atoms with Gasteiger partial charge in [0.2, 0.25) is 0 Å². The van der Waals surface area contributed by atoms with Crippen LogP contribution >= 0.6 is 15.9 Å². The highest BCUT2D eigenvalue weighted by Gasteiger charge is 2.40. The summed E-state index contributed by atoms with van der Waals surface area (Å²) in [6.45, 7) is 0. The molecular weight excluding hydrogens is 362 g/mol. The van der Waals surface area contributed by atoms with Crippen molar-refractivity contribution >= 4 is 15.9 Å². The minimum absolute atomic E-state index is 0.160. The summed E-state index contributed by atoms with van der Waals surface area (Å²) in [5.74, 6) is 0. The minimum atomic E-state index is -4.90. The van der Waals surface area contributed by atoms with Crippen LogP contribution in [0.25, 0.3) is 11.1 Å². The van der Waals surface area contributed by atoms with Gasteiger partial charge in [-0.1, -0.05) is 28.1 Å². The van der Waals surface area contributed by atoms with E-state index in [2.05, 4.69) is 15.9 Å². The monoisotopic (exact) mass is 367 g/mol. The molecule has 0 aliphatic heterocycles. The molecule has 0 saturated carbocycles. The van der Waals surface area contributed by atoms with Crippen molar-refractivity contribution in [2.45, 2.75) is 12.4 Å². The highest BCUT2D eigenvalue weighted by Crippen LogP contribution is 2.44. The maximum Gasteiger partial charge on any atom is 0.417 e. The van der Waals surface area contributed by atoms with Crippen molar-refractivity contribution in [2.24, 2.45) is 0 Å². The van der Waals surface area contributed by atoms with Crippen LogP contribution in [0.3, 0.4) is 0 Å². The van der Waals surface area contributed by atoms with Gasteiger partial charge >= 0.3 is 12.4 Å². The SMILES string of the molecule is FC(F)(F)c1c[c]cc(C(F)(F)F)c1-c1ccc(Br)cc1. The molecule has 0 aliphatic carbocycles. The van der Waals surface area contributed by atoms with Crippen LogP contribution in [0, 0.1) is 6.07 Å². The summed E-state index contributed by atoms with van der Waals surface area (Å²) in [7, 11) is 0.